The number of fused-ring (bicyclic) bond motifs is 2. The lowest BCUT2D eigenvalue weighted by atomic mass is 10.1. The molecular formula is C19H19N3OS. The number of benzene rings is 1. The molecule has 1 atom stereocenters. The highest BCUT2D eigenvalue weighted by Crippen LogP contribution is 2.34. The number of pyridine rings is 1. The number of aliphatic hydroxyl groups is 1. The molecule has 122 valence electrons. The van der Waals surface area contributed by atoms with Crippen molar-refractivity contribution < 1.29 is 5.11 Å². The van der Waals surface area contributed by atoms with Crippen LogP contribution in [0.25, 0.3) is 32.2 Å². The Morgan fingerprint density at radius 3 is 2.88 bits per heavy atom. The molecule has 0 aliphatic carbocycles. The summed E-state index contributed by atoms with van der Waals surface area (Å²) in [5, 5.41) is 16.8. The molecule has 1 N–H and O–H groups in total. The Morgan fingerprint density at radius 1 is 1.17 bits per heavy atom. The van der Waals surface area contributed by atoms with E-state index in [9.17, 15) is 5.11 Å². The second kappa shape index (κ2) is 6.00. The highest BCUT2D eigenvalue weighted by Gasteiger charge is 2.11. The minimum Gasteiger partial charge on any atom is -0.388 e. The summed E-state index contributed by atoms with van der Waals surface area (Å²) in [6.07, 6.45) is 5.29. The van der Waals surface area contributed by atoms with E-state index in [0.29, 0.717) is 0 Å². The SMILES string of the molecule is CCC[C@@H](O)c1cc2ccc(-c3cnc4nn(C)cc4c3)cc2s1. The molecule has 3 aromatic heterocycles. The lowest BCUT2D eigenvalue weighted by molar-refractivity contribution is 0.170. The third-order valence-electron chi connectivity index (χ3n) is 4.24. The topological polar surface area (TPSA) is 50.9 Å². The summed E-state index contributed by atoms with van der Waals surface area (Å²) in [5.41, 5.74) is 2.99. The van der Waals surface area contributed by atoms with Gasteiger partial charge < -0.3 is 5.11 Å². The van der Waals surface area contributed by atoms with Crippen LogP contribution in [0.2, 0.25) is 0 Å². The third-order valence-corrected chi connectivity index (χ3v) is 5.44. The second-order valence-corrected chi connectivity index (χ2v) is 7.26. The Morgan fingerprint density at radius 2 is 2.04 bits per heavy atom. The fraction of sp³-hybridized carbons (Fsp3) is 0.263. The molecule has 0 aliphatic heterocycles. The summed E-state index contributed by atoms with van der Waals surface area (Å²) in [7, 11) is 1.90. The summed E-state index contributed by atoms with van der Waals surface area (Å²) >= 11 is 1.68. The molecule has 0 bridgehead atoms. The molecule has 4 rings (SSSR count). The van der Waals surface area contributed by atoms with Gasteiger partial charge in [-0.15, -0.1) is 11.3 Å². The van der Waals surface area contributed by atoms with E-state index in [1.54, 1.807) is 16.0 Å². The number of hydrogen-bond acceptors (Lipinski definition) is 4. The first-order chi connectivity index (χ1) is 11.6. The summed E-state index contributed by atoms with van der Waals surface area (Å²) in [5.74, 6) is 0. The maximum absolute atomic E-state index is 10.2. The van der Waals surface area contributed by atoms with E-state index >= 15 is 0 Å². The molecule has 5 heteroatoms. The van der Waals surface area contributed by atoms with Crippen molar-refractivity contribution in [3.05, 3.63) is 47.6 Å². The van der Waals surface area contributed by atoms with Crippen LogP contribution in [0.15, 0.2) is 42.7 Å². The predicted octanol–water partition coefficient (Wildman–Crippen LogP) is 4.68. The zero-order chi connectivity index (χ0) is 16.7. The van der Waals surface area contributed by atoms with E-state index in [2.05, 4.69) is 47.3 Å². The Balaban J connectivity index is 1.75. The molecule has 0 fully saturated rings. The first-order valence-electron chi connectivity index (χ1n) is 8.15. The Labute approximate surface area is 144 Å². The monoisotopic (exact) mass is 337 g/mol. The van der Waals surface area contributed by atoms with E-state index in [1.165, 1.54) is 10.1 Å². The molecule has 3 heterocycles. The number of rotatable bonds is 4. The molecule has 4 nitrogen and oxygen atoms in total. The van der Waals surface area contributed by atoms with Gasteiger partial charge in [-0.1, -0.05) is 25.5 Å². The standard InChI is InChI=1S/C19H19N3OS/c1-3-4-16(23)18-9-13-6-5-12(8-17(13)24-18)14-7-15-11-22(2)21-19(15)20-10-14/h5-11,16,23H,3-4H2,1-2H3/t16-/m1/s1. The van der Waals surface area contributed by atoms with E-state index in [4.69, 9.17) is 0 Å². The van der Waals surface area contributed by atoms with Gasteiger partial charge in [0.2, 0.25) is 0 Å². The van der Waals surface area contributed by atoms with Crippen molar-refractivity contribution in [3.63, 3.8) is 0 Å². The molecule has 4 aromatic rings. The van der Waals surface area contributed by atoms with Gasteiger partial charge in [-0.2, -0.15) is 5.10 Å². The van der Waals surface area contributed by atoms with Crippen molar-refractivity contribution in [2.75, 3.05) is 0 Å². The van der Waals surface area contributed by atoms with Crippen LogP contribution in [0.4, 0.5) is 0 Å². The Hall–Kier alpha value is -2.24. The maximum Gasteiger partial charge on any atom is 0.181 e. The van der Waals surface area contributed by atoms with Gasteiger partial charge in [0.05, 0.1) is 6.10 Å². The average molecular weight is 337 g/mol. The zero-order valence-electron chi connectivity index (χ0n) is 13.7. The van der Waals surface area contributed by atoms with E-state index in [1.807, 2.05) is 19.4 Å². The normalized spacial score (nSPS) is 13.0. The predicted molar refractivity (Wildman–Crippen MR) is 99.2 cm³/mol. The number of aryl methyl sites for hydroxylation is 1. The number of hydrogen-bond donors (Lipinski definition) is 1. The van der Waals surface area contributed by atoms with Crippen LogP contribution < -0.4 is 0 Å². The zero-order valence-corrected chi connectivity index (χ0v) is 14.5. The van der Waals surface area contributed by atoms with Crippen LogP contribution in [-0.2, 0) is 7.05 Å². The molecule has 0 amide bonds. The lowest BCUT2D eigenvalue weighted by Gasteiger charge is -2.04. The smallest absolute Gasteiger partial charge is 0.181 e. The van der Waals surface area contributed by atoms with Crippen LogP contribution in [0.5, 0.6) is 0 Å². The van der Waals surface area contributed by atoms with Crippen molar-refractivity contribution >= 4 is 32.5 Å². The Bertz CT molecular complexity index is 1020. The molecule has 1 aromatic carbocycles. The number of thiophene rings is 1. The summed E-state index contributed by atoms with van der Waals surface area (Å²) in [6, 6.07) is 10.6. The highest BCUT2D eigenvalue weighted by molar-refractivity contribution is 7.19. The number of aliphatic hydroxyl groups excluding tert-OH is 1. The van der Waals surface area contributed by atoms with Gasteiger partial charge in [0.25, 0.3) is 0 Å². The summed E-state index contributed by atoms with van der Waals surface area (Å²) < 4.78 is 2.98. The molecule has 0 unspecified atom stereocenters. The molecule has 0 radical (unpaired) electrons. The fourth-order valence-corrected chi connectivity index (χ4v) is 4.13. The molecule has 24 heavy (non-hydrogen) atoms. The first-order valence-corrected chi connectivity index (χ1v) is 8.97. The van der Waals surface area contributed by atoms with E-state index < -0.39 is 0 Å². The van der Waals surface area contributed by atoms with E-state index in [0.717, 1.165) is 39.9 Å². The molecule has 0 spiro atoms. The summed E-state index contributed by atoms with van der Waals surface area (Å²) in [6.45, 7) is 2.09. The second-order valence-electron chi connectivity index (χ2n) is 6.15. The van der Waals surface area contributed by atoms with Gasteiger partial charge in [-0.25, -0.2) is 4.98 Å². The molecule has 0 saturated heterocycles. The van der Waals surface area contributed by atoms with Crippen LogP contribution in [0, 0.1) is 0 Å². The summed E-state index contributed by atoms with van der Waals surface area (Å²) in [4.78, 5) is 5.49. The van der Waals surface area contributed by atoms with Gasteiger partial charge in [0, 0.05) is 40.0 Å². The Kier molecular flexibility index (Phi) is 3.82. The molecular weight excluding hydrogens is 318 g/mol. The van der Waals surface area contributed by atoms with Gasteiger partial charge >= 0.3 is 0 Å². The van der Waals surface area contributed by atoms with Crippen molar-refractivity contribution in [1.29, 1.82) is 0 Å². The van der Waals surface area contributed by atoms with Crippen molar-refractivity contribution in [2.45, 2.75) is 25.9 Å². The minimum absolute atomic E-state index is 0.357. The lowest BCUT2D eigenvalue weighted by Crippen LogP contribution is -1.91. The molecule has 0 aliphatic rings. The van der Waals surface area contributed by atoms with Gasteiger partial charge in [-0.3, -0.25) is 4.68 Å². The van der Waals surface area contributed by atoms with Crippen molar-refractivity contribution in [2.24, 2.45) is 7.05 Å². The maximum atomic E-state index is 10.2. The number of nitrogens with zero attached hydrogens (tertiary/aromatic N) is 3. The van der Waals surface area contributed by atoms with Gasteiger partial charge in [0.15, 0.2) is 5.65 Å². The van der Waals surface area contributed by atoms with Gasteiger partial charge in [0.1, 0.15) is 0 Å². The van der Waals surface area contributed by atoms with Crippen LogP contribution in [0.1, 0.15) is 30.7 Å². The van der Waals surface area contributed by atoms with Gasteiger partial charge in [-0.05, 0) is 35.6 Å². The van der Waals surface area contributed by atoms with Crippen LogP contribution >= 0.6 is 11.3 Å². The quantitative estimate of drug-likeness (QED) is 0.588. The largest absolute Gasteiger partial charge is 0.388 e. The first kappa shape index (κ1) is 15.3. The minimum atomic E-state index is -0.357. The number of aromatic nitrogens is 3. The van der Waals surface area contributed by atoms with Crippen LogP contribution in [0.3, 0.4) is 0 Å². The van der Waals surface area contributed by atoms with Crippen molar-refractivity contribution in [3.8, 4) is 11.1 Å². The highest BCUT2D eigenvalue weighted by atomic mass is 32.1. The fourth-order valence-electron chi connectivity index (χ4n) is 3.00. The van der Waals surface area contributed by atoms with Crippen LogP contribution in [-0.4, -0.2) is 19.9 Å². The average Bonchev–Trinajstić information content (AvgIpc) is 3.15. The molecule has 0 saturated carbocycles. The van der Waals surface area contributed by atoms with E-state index in [-0.39, 0.29) is 6.10 Å². The van der Waals surface area contributed by atoms with Crippen molar-refractivity contribution in [1.82, 2.24) is 14.8 Å². The third kappa shape index (κ3) is 2.70.